The molecule has 0 aromatic heterocycles. The Morgan fingerprint density at radius 3 is 2.64 bits per heavy atom. The van der Waals surface area contributed by atoms with Crippen molar-refractivity contribution in [1.29, 1.82) is 0 Å². The van der Waals surface area contributed by atoms with Gasteiger partial charge in [0.05, 0.1) is 0 Å². The molecule has 0 unspecified atom stereocenters. The van der Waals surface area contributed by atoms with E-state index in [-0.39, 0.29) is 5.91 Å². The Bertz CT molecular complexity index is 647. The molecule has 0 atom stereocenters. The van der Waals surface area contributed by atoms with Crippen LogP contribution >= 0.6 is 11.6 Å². The summed E-state index contributed by atoms with van der Waals surface area (Å²) in [6, 6.07) is 15.4. The molecule has 1 N–H and O–H groups in total. The van der Waals surface area contributed by atoms with E-state index < -0.39 is 0 Å². The van der Waals surface area contributed by atoms with Crippen molar-refractivity contribution in [1.82, 2.24) is 0 Å². The van der Waals surface area contributed by atoms with E-state index in [1.54, 1.807) is 12.1 Å². The Labute approximate surface area is 136 Å². The minimum Gasteiger partial charge on any atom is -0.323 e. The summed E-state index contributed by atoms with van der Waals surface area (Å²) in [6.45, 7) is 2.18. The van der Waals surface area contributed by atoms with Crippen molar-refractivity contribution in [2.75, 3.05) is 5.32 Å². The highest BCUT2D eigenvalue weighted by Gasteiger charge is 1.99. The molecule has 0 aliphatic carbocycles. The first-order chi connectivity index (χ1) is 10.7. The van der Waals surface area contributed by atoms with Crippen LogP contribution in [0.4, 0.5) is 5.69 Å². The zero-order valence-corrected chi connectivity index (χ0v) is 13.4. The number of carbonyl (C=O) groups excluding carboxylic acids is 1. The molecule has 0 saturated carbocycles. The van der Waals surface area contributed by atoms with Crippen LogP contribution in [0, 0.1) is 0 Å². The fourth-order valence-corrected chi connectivity index (χ4v) is 2.30. The maximum atomic E-state index is 11.9. The highest BCUT2D eigenvalue weighted by molar-refractivity contribution is 6.30. The summed E-state index contributed by atoms with van der Waals surface area (Å²) in [4.78, 5) is 11.9. The van der Waals surface area contributed by atoms with Crippen LogP contribution in [0.1, 0.15) is 30.9 Å². The lowest BCUT2D eigenvalue weighted by atomic mass is 10.1. The standard InChI is InChI=1S/C19H20ClNO/c1-2-3-5-15-8-11-18(12-9-15)21-19(22)13-10-16-6-4-7-17(20)14-16/h4,6-14H,2-3,5H2,1H3,(H,21,22)/b13-10+. The van der Waals surface area contributed by atoms with E-state index >= 15 is 0 Å². The number of hydrogen-bond donors (Lipinski definition) is 1. The second-order valence-electron chi connectivity index (χ2n) is 5.18. The summed E-state index contributed by atoms with van der Waals surface area (Å²) in [7, 11) is 0. The number of benzene rings is 2. The third kappa shape index (κ3) is 5.38. The van der Waals surface area contributed by atoms with Crippen LogP contribution in [-0.2, 0) is 11.2 Å². The number of unbranched alkanes of at least 4 members (excludes halogenated alkanes) is 1. The van der Waals surface area contributed by atoms with Crippen LogP contribution in [0.25, 0.3) is 6.08 Å². The van der Waals surface area contributed by atoms with Crippen molar-refractivity contribution in [2.24, 2.45) is 0 Å². The van der Waals surface area contributed by atoms with E-state index in [0.717, 1.165) is 17.7 Å². The van der Waals surface area contributed by atoms with Crippen molar-refractivity contribution in [3.63, 3.8) is 0 Å². The lowest BCUT2D eigenvalue weighted by Crippen LogP contribution is -2.07. The summed E-state index contributed by atoms with van der Waals surface area (Å²) < 4.78 is 0. The normalized spacial score (nSPS) is 10.8. The van der Waals surface area contributed by atoms with Gasteiger partial charge in [-0.25, -0.2) is 0 Å². The first-order valence-electron chi connectivity index (χ1n) is 7.51. The molecule has 0 spiro atoms. The number of rotatable bonds is 6. The van der Waals surface area contributed by atoms with Crippen LogP contribution in [-0.4, -0.2) is 5.91 Å². The number of aryl methyl sites for hydroxylation is 1. The summed E-state index contributed by atoms with van der Waals surface area (Å²) >= 11 is 5.91. The van der Waals surface area contributed by atoms with Crippen molar-refractivity contribution in [3.05, 3.63) is 70.8 Å². The summed E-state index contributed by atoms with van der Waals surface area (Å²) in [6.07, 6.45) is 6.72. The molecule has 114 valence electrons. The molecule has 1 amide bonds. The monoisotopic (exact) mass is 313 g/mol. The van der Waals surface area contributed by atoms with Gasteiger partial charge in [0.25, 0.3) is 0 Å². The van der Waals surface area contributed by atoms with Crippen molar-refractivity contribution in [3.8, 4) is 0 Å². The number of amides is 1. The minimum absolute atomic E-state index is 0.152. The molecule has 0 bridgehead atoms. The first-order valence-corrected chi connectivity index (χ1v) is 7.89. The van der Waals surface area contributed by atoms with E-state index in [0.29, 0.717) is 5.02 Å². The zero-order chi connectivity index (χ0) is 15.8. The molecular formula is C19H20ClNO. The van der Waals surface area contributed by atoms with Crippen LogP contribution < -0.4 is 5.32 Å². The average Bonchev–Trinajstić information content (AvgIpc) is 2.52. The molecule has 2 nitrogen and oxygen atoms in total. The van der Waals surface area contributed by atoms with Crippen LogP contribution in [0.5, 0.6) is 0 Å². The van der Waals surface area contributed by atoms with Crippen molar-refractivity contribution >= 4 is 29.3 Å². The van der Waals surface area contributed by atoms with Gasteiger partial charge in [0.1, 0.15) is 0 Å². The number of hydrogen-bond acceptors (Lipinski definition) is 1. The molecule has 2 aromatic carbocycles. The number of nitrogens with one attached hydrogen (secondary N) is 1. The SMILES string of the molecule is CCCCc1ccc(NC(=O)/C=C/c2cccc(Cl)c2)cc1. The molecular weight excluding hydrogens is 294 g/mol. The van der Waals surface area contributed by atoms with Crippen LogP contribution in [0.3, 0.4) is 0 Å². The molecule has 0 radical (unpaired) electrons. The van der Waals surface area contributed by atoms with Gasteiger partial charge in [-0.1, -0.05) is 49.2 Å². The Kier molecular flexibility index (Phi) is 6.23. The summed E-state index contributed by atoms with van der Waals surface area (Å²) in [5.41, 5.74) is 3.01. The molecule has 0 heterocycles. The molecule has 3 heteroatoms. The predicted molar refractivity (Wildman–Crippen MR) is 94.2 cm³/mol. The van der Waals surface area contributed by atoms with Crippen LogP contribution in [0.15, 0.2) is 54.6 Å². The highest BCUT2D eigenvalue weighted by Crippen LogP contribution is 2.13. The van der Waals surface area contributed by atoms with Crippen molar-refractivity contribution < 1.29 is 4.79 Å². The van der Waals surface area contributed by atoms with Gasteiger partial charge in [-0.15, -0.1) is 0 Å². The van der Waals surface area contributed by atoms with E-state index in [4.69, 9.17) is 11.6 Å². The second kappa shape index (κ2) is 8.40. The molecule has 0 saturated heterocycles. The second-order valence-corrected chi connectivity index (χ2v) is 5.61. The Morgan fingerprint density at radius 1 is 1.18 bits per heavy atom. The Hall–Kier alpha value is -2.06. The van der Waals surface area contributed by atoms with E-state index in [1.807, 2.05) is 30.3 Å². The van der Waals surface area contributed by atoms with Gasteiger partial charge in [-0.05, 0) is 54.3 Å². The summed E-state index contributed by atoms with van der Waals surface area (Å²) in [5, 5.41) is 3.51. The number of carbonyl (C=O) groups is 1. The maximum absolute atomic E-state index is 11.9. The van der Waals surface area contributed by atoms with Gasteiger partial charge in [0, 0.05) is 16.8 Å². The van der Waals surface area contributed by atoms with Gasteiger partial charge in [0.15, 0.2) is 0 Å². The summed E-state index contributed by atoms with van der Waals surface area (Å²) in [5.74, 6) is -0.152. The van der Waals surface area contributed by atoms with Gasteiger partial charge >= 0.3 is 0 Å². The van der Waals surface area contributed by atoms with E-state index in [1.165, 1.54) is 24.5 Å². The quantitative estimate of drug-likeness (QED) is 0.717. The molecule has 2 rings (SSSR count). The largest absolute Gasteiger partial charge is 0.323 e. The molecule has 2 aromatic rings. The Balaban J connectivity index is 1.91. The third-order valence-electron chi connectivity index (χ3n) is 3.32. The van der Waals surface area contributed by atoms with Crippen molar-refractivity contribution in [2.45, 2.75) is 26.2 Å². The first kappa shape index (κ1) is 16.3. The van der Waals surface area contributed by atoms with Gasteiger partial charge < -0.3 is 5.32 Å². The van der Waals surface area contributed by atoms with Crippen LogP contribution in [0.2, 0.25) is 5.02 Å². The minimum atomic E-state index is -0.152. The van der Waals surface area contributed by atoms with E-state index in [9.17, 15) is 4.79 Å². The van der Waals surface area contributed by atoms with E-state index in [2.05, 4.69) is 24.4 Å². The third-order valence-corrected chi connectivity index (χ3v) is 3.55. The highest BCUT2D eigenvalue weighted by atomic mass is 35.5. The topological polar surface area (TPSA) is 29.1 Å². The average molecular weight is 314 g/mol. The molecule has 0 fully saturated rings. The lowest BCUT2D eigenvalue weighted by Gasteiger charge is -2.04. The fourth-order valence-electron chi connectivity index (χ4n) is 2.10. The van der Waals surface area contributed by atoms with Gasteiger partial charge in [-0.2, -0.15) is 0 Å². The fraction of sp³-hybridized carbons (Fsp3) is 0.211. The lowest BCUT2D eigenvalue weighted by molar-refractivity contribution is -0.111. The number of anilines is 1. The van der Waals surface area contributed by atoms with Gasteiger partial charge in [-0.3, -0.25) is 4.79 Å². The zero-order valence-electron chi connectivity index (χ0n) is 12.7. The smallest absolute Gasteiger partial charge is 0.248 e. The van der Waals surface area contributed by atoms with Gasteiger partial charge in [0.2, 0.25) is 5.91 Å². The molecule has 22 heavy (non-hydrogen) atoms. The molecule has 0 aliphatic rings. The number of halogens is 1. The Morgan fingerprint density at radius 2 is 1.95 bits per heavy atom. The predicted octanol–water partition coefficient (Wildman–Crippen LogP) is 5.33. The molecule has 0 aliphatic heterocycles. The maximum Gasteiger partial charge on any atom is 0.248 e.